The molecule has 0 radical (unpaired) electrons. The predicted molar refractivity (Wildman–Crippen MR) is 90.0 cm³/mol. The molecule has 1 atom stereocenters. The molecule has 0 bridgehead atoms. The summed E-state index contributed by atoms with van der Waals surface area (Å²) < 4.78 is 0. The predicted octanol–water partition coefficient (Wildman–Crippen LogP) is 2.05. The van der Waals surface area contributed by atoms with Crippen LogP contribution in [0, 0.1) is 0 Å². The molecule has 1 rings (SSSR count). The third-order valence-corrected chi connectivity index (χ3v) is 3.30. The van der Waals surface area contributed by atoms with E-state index in [1.54, 1.807) is 0 Å². The molecule has 1 aliphatic heterocycles. The fourth-order valence-corrected chi connectivity index (χ4v) is 2.13. The zero-order valence-corrected chi connectivity index (χ0v) is 14.4. The van der Waals surface area contributed by atoms with Crippen LogP contribution in [0.25, 0.3) is 0 Å². The number of hydrogen-bond donors (Lipinski definition) is 2. The number of nitrogens with zero attached hydrogens (tertiary/aromatic N) is 2. The standard InChI is InChI=1S/C13H28N4.HI/c1-4-6-9-15-13(14-5-2)16-11-12-8-7-10-17(12)3;/h12H,4-11H2,1-3H3,(H2,14,15,16);1H. The Hall–Kier alpha value is -0.0400. The van der Waals surface area contributed by atoms with Crippen LogP contribution in [0.3, 0.4) is 0 Å². The smallest absolute Gasteiger partial charge is 0.191 e. The van der Waals surface area contributed by atoms with Crippen LogP contribution < -0.4 is 10.6 Å². The Bertz CT molecular complexity index is 233. The molecule has 0 spiro atoms. The van der Waals surface area contributed by atoms with Gasteiger partial charge in [0, 0.05) is 19.1 Å². The van der Waals surface area contributed by atoms with Crippen LogP contribution in [0.15, 0.2) is 4.99 Å². The van der Waals surface area contributed by atoms with Crippen molar-refractivity contribution in [3.63, 3.8) is 0 Å². The van der Waals surface area contributed by atoms with E-state index in [-0.39, 0.29) is 24.0 Å². The van der Waals surface area contributed by atoms with Gasteiger partial charge < -0.3 is 15.5 Å². The fraction of sp³-hybridized carbons (Fsp3) is 0.923. The molecule has 5 heteroatoms. The van der Waals surface area contributed by atoms with Gasteiger partial charge in [-0.1, -0.05) is 13.3 Å². The topological polar surface area (TPSA) is 39.7 Å². The van der Waals surface area contributed by atoms with Crippen molar-refractivity contribution in [3.05, 3.63) is 0 Å². The van der Waals surface area contributed by atoms with Crippen molar-refractivity contribution in [3.8, 4) is 0 Å². The maximum atomic E-state index is 4.67. The van der Waals surface area contributed by atoms with Crippen molar-refractivity contribution < 1.29 is 0 Å². The number of likely N-dealkylation sites (N-methyl/N-ethyl adjacent to an activating group) is 1. The highest BCUT2D eigenvalue weighted by Gasteiger charge is 2.20. The van der Waals surface area contributed by atoms with Crippen molar-refractivity contribution in [2.24, 2.45) is 4.99 Å². The van der Waals surface area contributed by atoms with Crippen LogP contribution in [0.5, 0.6) is 0 Å². The Balaban J connectivity index is 0.00000289. The number of nitrogens with one attached hydrogen (secondary N) is 2. The van der Waals surface area contributed by atoms with Crippen molar-refractivity contribution in [1.82, 2.24) is 15.5 Å². The van der Waals surface area contributed by atoms with Crippen LogP contribution >= 0.6 is 24.0 Å². The molecule has 1 aliphatic rings. The van der Waals surface area contributed by atoms with Gasteiger partial charge in [0.1, 0.15) is 0 Å². The number of unbranched alkanes of at least 4 members (excludes halogenated alkanes) is 1. The molecule has 0 amide bonds. The number of aliphatic imine (C=N–C) groups is 1. The highest BCUT2D eigenvalue weighted by Crippen LogP contribution is 2.14. The highest BCUT2D eigenvalue weighted by atomic mass is 127. The van der Waals surface area contributed by atoms with E-state index < -0.39 is 0 Å². The van der Waals surface area contributed by atoms with Gasteiger partial charge in [-0.2, -0.15) is 0 Å². The maximum absolute atomic E-state index is 4.67. The Morgan fingerprint density at radius 2 is 2.11 bits per heavy atom. The quantitative estimate of drug-likeness (QED) is 0.326. The van der Waals surface area contributed by atoms with Crippen molar-refractivity contribution in [2.75, 3.05) is 33.2 Å². The molecular weight excluding hydrogens is 339 g/mol. The van der Waals surface area contributed by atoms with Gasteiger partial charge in [-0.15, -0.1) is 24.0 Å². The van der Waals surface area contributed by atoms with Gasteiger partial charge in [-0.05, 0) is 39.8 Å². The van der Waals surface area contributed by atoms with E-state index in [0.29, 0.717) is 6.04 Å². The van der Waals surface area contributed by atoms with Gasteiger partial charge in [0.05, 0.1) is 6.54 Å². The van der Waals surface area contributed by atoms with Crippen molar-refractivity contribution >= 4 is 29.9 Å². The van der Waals surface area contributed by atoms with E-state index in [0.717, 1.165) is 25.6 Å². The van der Waals surface area contributed by atoms with Gasteiger partial charge in [0.15, 0.2) is 5.96 Å². The van der Waals surface area contributed by atoms with Crippen molar-refractivity contribution in [1.29, 1.82) is 0 Å². The largest absolute Gasteiger partial charge is 0.357 e. The normalized spacial score (nSPS) is 20.6. The lowest BCUT2D eigenvalue weighted by Crippen LogP contribution is -2.39. The van der Waals surface area contributed by atoms with Crippen LogP contribution in [-0.2, 0) is 0 Å². The Labute approximate surface area is 129 Å². The minimum Gasteiger partial charge on any atom is -0.357 e. The lowest BCUT2D eigenvalue weighted by Gasteiger charge is -2.18. The first-order valence-corrected chi connectivity index (χ1v) is 7.00. The summed E-state index contributed by atoms with van der Waals surface area (Å²) in [6.45, 7) is 8.40. The summed E-state index contributed by atoms with van der Waals surface area (Å²) in [7, 11) is 2.20. The van der Waals surface area contributed by atoms with E-state index in [2.05, 4.69) is 41.4 Å². The average Bonchev–Trinajstić information content (AvgIpc) is 2.72. The van der Waals surface area contributed by atoms with Gasteiger partial charge >= 0.3 is 0 Å². The van der Waals surface area contributed by atoms with Gasteiger partial charge in [-0.25, -0.2) is 0 Å². The third-order valence-electron chi connectivity index (χ3n) is 3.30. The van der Waals surface area contributed by atoms with E-state index in [1.807, 2.05) is 0 Å². The fourth-order valence-electron chi connectivity index (χ4n) is 2.13. The first kappa shape index (κ1) is 18.0. The zero-order valence-electron chi connectivity index (χ0n) is 12.0. The molecule has 1 saturated heterocycles. The van der Waals surface area contributed by atoms with E-state index >= 15 is 0 Å². The minimum atomic E-state index is 0. The molecule has 0 aromatic heterocycles. The van der Waals surface area contributed by atoms with E-state index in [1.165, 1.54) is 32.2 Å². The lowest BCUT2D eigenvalue weighted by molar-refractivity contribution is 0.317. The second-order valence-corrected chi connectivity index (χ2v) is 4.78. The molecule has 0 aromatic carbocycles. The summed E-state index contributed by atoms with van der Waals surface area (Å²) in [6.07, 6.45) is 5.02. The molecule has 4 nitrogen and oxygen atoms in total. The highest BCUT2D eigenvalue weighted by molar-refractivity contribution is 14.0. The molecule has 2 N–H and O–H groups in total. The zero-order chi connectivity index (χ0) is 12.5. The summed E-state index contributed by atoms with van der Waals surface area (Å²) in [5.74, 6) is 0.973. The lowest BCUT2D eigenvalue weighted by atomic mass is 10.2. The number of hydrogen-bond acceptors (Lipinski definition) is 2. The van der Waals surface area contributed by atoms with Gasteiger partial charge in [0.2, 0.25) is 0 Å². The summed E-state index contributed by atoms with van der Waals surface area (Å²) >= 11 is 0. The second kappa shape index (κ2) is 10.8. The SMILES string of the molecule is CCCCNC(=NCC1CCCN1C)NCC.I. The molecule has 0 saturated carbocycles. The third kappa shape index (κ3) is 6.78. The molecule has 0 aromatic rings. The minimum absolute atomic E-state index is 0. The first-order valence-electron chi connectivity index (χ1n) is 7.00. The summed E-state index contributed by atoms with van der Waals surface area (Å²) in [4.78, 5) is 7.09. The van der Waals surface area contributed by atoms with Gasteiger partial charge in [-0.3, -0.25) is 4.99 Å². The van der Waals surface area contributed by atoms with E-state index in [9.17, 15) is 0 Å². The van der Waals surface area contributed by atoms with Crippen LogP contribution in [0.2, 0.25) is 0 Å². The average molecular weight is 368 g/mol. The molecule has 108 valence electrons. The Morgan fingerprint density at radius 1 is 1.33 bits per heavy atom. The molecule has 1 fully saturated rings. The van der Waals surface area contributed by atoms with Crippen LogP contribution in [0.4, 0.5) is 0 Å². The molecule has 18 heavy (non-hydrogen) atoms. The molecule has 1 unspecified atom stereocenters. The van der Waals surface area contributed by atoms with E-state index in [4.69, 9.17) is 0 Å². The first-order chi connectivity index (χ1) is 8.27. The summed E-state index contributed by atoms with van der Waals surface area (Å²) in [5.41, 5.74) is 0. The Kier molecular flexibility index (Phi) is 10.8. The second-order valence-electron chi connectivity index (χ2n) is 4.78. The molecule has 1 heterocycles. The molecular formula is C13H29IN4. The van der Waals surface area contributed by atoms with Crippen LogP contribution in [-0.4, -0.2) is 50.1 Å². The van der Waals surface area contributed by atoms with Crippen LogP contribution in [0.1, 0.15) is 39.5 Å². The number of likely N-dealkylation sites (tertiary alicyclic amines) is 1. The van der Waals surface area contributed by atoms with Crippen molar-refractivity contribution in [2.45, 2.75) is 45.6 Å². The summed E-state index contributed by atoms with van der Waals surface area (Å²) in [5, 5.41) is 6.68. The Morgan fingerprint density at radius 3 is 2.67 bits per heavy atom. The number of halogens is 1. The number of guanidine groups is 1. The summed E-state index contributed by atoms with van der Waals surface area (Å²) in [6, 6.07) is 0.636. The molecule has 0 aliphatic carbocycles. The maximum Gasteiger partial charge on any atom is 0.191 e. The number of rotatable bonds is 6. The van der Waals surface area contributed by atoms with Gasteiger partial charge in [0.25, 0.3) is 0 Å². The monoisotopic (exact) mass is 368 g/mol.